The number of benzene rings is 2. The van der Waals surface area contributed by atoms with Crippen LogP contribution in [0, 0.1) is 6.92 Å². The standard InChI is InChI=1S/C25H29F3N4O3/c1-16-3-4-20(15-22(16)31-24(35)30-12-11-29-17(2)33)23(34)32-13-9-19(10-14-32)18-5-7-21(8-6-18)25(26,27)28/h3-8,15,19H,9-14H2,1-2H3,(H,29,33)(H2,30,31,35). The van der Waals surface area contributed by atoms with E-state index in [1.807, 2.05) is 6.92 Å². The van der Waals surface area contributed by atoms with Gasteiger partial charge in [0.2, 0.25) is 5.91 Å². The predicted molar refractivity (Wildman–Crippen MR) is 126 cm³/mol. The lowest BCUT2D eigenvalue weighted by atomic mass is 9.88. The third kappa shape index (κ3) is 7.21. The maximum Gasteiger partial charge on any atom is 0.416 e. The number of aryl methyl sites for hydroxylation is 1. The molecule has 1 saturated heterocycles. The zero-order chi connectivity index (χ0) is 25.6. The lowest BCUT2D eigenvalue weighted by molar-refractivity contribution is -0.137. The van der Waals surface area contributed by atoms with E-state index in [0.717, 1.165) is 23.3 Å². The molecule has 1 aliphatic rings. The van der Waals surface area contributed by atoms with Crippen molar-refractivity contribution < 1.29 is 27.6 Å². The Hall–Kier alpha value is -3.56. The minimum Gasteiger partial charge on any atom is -0.355 e. The van der Waals surface area contributed by atoms with Crippen molar-refractivity contribution in [3.05, 3.63) is 64.7 Å². The van der Waals surface area contributed by atoms with Gasteiger partial charge < -0.3 is 20.9 Å². The van der Waals surface area contributed by atoms with E-state index in [0.29, 0.717) is 43.7 Å². The number of likely N-dealkylation sites (tertiary alicyclic amines) is 1. The summed E-state index contributed by atoms with van der Waals surface area (Å²) in [6, 6.07) is 9.89. The van der Waals surface area contributed by atoms with Gasteiger partial charge in [0.1, 0.15) is 0 Å². The molecule has 1 heterocycles. The van der Waals surface area contributed by atoms with Crippen LogP contribution in [0.2, 0.25) is 0 Å². The average Bonchev–Trinajstić information content (AvgIpc) is 2.82. The maximum absolute atomic E-state index is 13.1. The summed E-state index contributed by atoms with van der Waals surface area (Å²) in [5.74, 6) is -0.250. The van der Waals surface area contributed by atoms with Crippen molar-refractivity contribution in [1.82, 2.24) is 15.5 Å². The van der Waals surface area contributed by atoms with Gasteiger partial charge in [-0.1, -0.05) is 18.2 Å². The maximum atomic E-state index is 13.1. The Morgan fingerprint density at radius 3 is 2.20 bits per heavy atom. The molecular weight excluding hydrogens is 461 g/mol. The molecule has 10 heteroatoms. The molecule has 0 aliphatic carbocycles. The molecule has 188 valence electrons. The molecule has 3 N–H and O–H groups in total. The van der Waals surface area contributed by atoms with Crippen LogP contribution in [0.1, 0.15) is 52.7 Å². The zero-order valence-electron chi connectivity index (χ0n) is 19.7. The molecule has 0 bridgehead atoms. The zero-order valence-corrected chi connectivity index (χ0v) is 19.7. The van der Waals surface area contributed by atoms with Crippen molar-refractivity contribution in [3.63, 3.8) is 0 Å². The van der Waals surface area contributed by atoms with Gasteiger partial charge in [-0.2, -0.15) is 13.2 Å². The van der Waals surface area contributed by atoms with E-state index in [-0.39, 0.29) is 24.3 Å². The molecular formula is C25H29F3N4O3. The molecule has 2 aromatic rings. The second kappa shape index (κ2) is 11.2. The first-order valence-electron chi connectivity index (χ1n) is 11.4. The number of piperidine rings is 1. The number of anilines is 1. The minimum absolute atomic E-state index is 0.0952. The van der Waals surface area contributed by atoms with Crippen molar-refractivity contribution in [2.45, 2.75) is 38.8 Å². The molecule has 4 amide bonds. The van der Waals surface area contributed by atoms with Crippen LogP contribution >= 0.6 is 0 Å². The Kier molecular flexibility index (Phi) is 8.37. The van der Waals surface area contributed by atoms with Gasteiger partial charge in [-0.25, -0.2) is 4.79 Å². The molecule has 3 rings (SSSR count). The molecule has 0 spiro atoms. The molecule has 0 aromatic heterocycles. The first-order chi connectivity index (χ1) is 16.5. The van der Waals surface area contributed by atoms with E-state index in [1.54, 1.807) is 23.1 Å². The quantitative estimate of drug-likeness (QED) is 0.528. The van der Waals surface area contributed by atoms with Gasteiger partial charge in [-0.15, -0.1) is 0 Å². The van der Waals surface area contributed by atoms with Gasteiger partial charge in [-0.05, 0) is 61.1 Å². The van der Waals surface area contributed by atoms with E-state index in [4.69, 9.17) is 0 Å². The highest BCUT2D eigenvalue weighted by Gasteiger charge is 2.31. The molecule has 35 heavy (non-hydrogen) atoms. The van der Waals surface area contributed by atoms with E-state index >= 15 is 0 Å². The Balaban J connectivity index is 1.56. The smallest absolute Gasteiger partial charge is 0.355 e. The number of carbonyl (C=O) groups is 3. The number of hydrogen-bond acceptors (Lipinski definition) is 3. The topological polar surface area (TPSA) is 90.5 Å². The first kappa shape index (κ1) is 26.1. The number of halogens is 3. The number of hydrogen-bond donors (Lipinski definition) is 3. The molecule has 1 aliphatic heterocycles. The largest absolute Gasteiger partial charge is 0.416 e. The molecule has 0 radical (unpaired) electrons. The van der Waals surface area contributed by atoms with Crippen LogP contribution < -0.4 is 16.0 Å². The third-order valence-electron chi connectivity index (χ3n) is 6.01. The summed E-state index contributed by atoms with van der Waals surface area (Å²) in [5.41, 5.74) is 1.92. The van der Waals surface area contributed by atoms with Crippen LogP contribution in [-0.2, 0) is 11.0 Å². The normalized spacial score (nSPS) is 14.4. The van der Waals surface area contributed by atoms with Gasteiger partial charge in [0.05, 0.1) is 5.56 Å². The monoisotopic (exact) mass is 490 g/mol. The van der Waals surface area contributed by atoms with Gasteiger partial charge in [0, 0.05) is 44.4 Å². The SMILES string of the molecule is CC(=O)NCCNC(=O)Nc1cc(C(=O)N2CCC(c3ccc(C(F)(F)F)cc3)CC2)ccc1C. The summed E-state index contributed by atoms with van der Waals surface area (Å²) in [6.07, 6.45) is -3.04. The number of nitrogens with zero attached hydrogens (tertiary/aromatic N) is 1. The highest BCUT2D eigenvalue weighted by atomic mass is 19.4. The first-order valence-corrected chi connectivity index (χ1v) is 11.4. The number of carbonyl (C=O) groups excluding carboxylic acids is 3. The number of alkyl halides is 3. The molecule has 0 unspecified atom stereocenters. The molecule has 2 aromatic carbocycles. The fraction of sp³-hybridized carbons (Fsp3) is 0.400. The molecule has 0 atom stereocenters. The minimum atomic E-state index is -4.36. The van der Waals surface area contributed by atoms with Gasteiger partial charge in [-0.3, -0.25) is 9.59 Å². The Morgan fingerprint density at radius 1 is 0.971 bits per heavy atom. The highest BCUT2D eigenvalue weighted by Crippen LogP contribution is 2.33. The van der Waals surface area contributed by atoms with Crippen LogP contribution in [-0.4, -0.2) is 48.9 Å². The second-order valence-corrected chi connectivity index (χ2v) is 8.58. The summed E-state index contributed by atoms with van der Waals surface area (Å²) >= 11 is 0. The lowest BCUT2D eigenvalue weighted by Gasteiger charge is -2.32. The summed E-state index contributed by atoms with van der Waals surface area (Å²) in [5, 5.41) is 7.94. The number of amides is 4. The number of rotatable bonds is 6. The lowest BCUT2D eigenvalue weighted by Crippen LogP contribution is -2.38. The Bertz CT molecular complexity index is 1060. The summed E-state index contributed by atoms with van der Waals surface area (Å²) < 4.78 is 38.4. The van der Waals surface area contributed by atoms with Crippen molar-refractivity contribution in [3.8, 4) is 0 Å². The van der Waals surface area contributed by atoms with Gasteiger partial charge in [0.15, 0.2) is 0 Å². The summed E-state index contributed by atoms with van der Waals surface area (Å²) in [4.78, 5) is 37.8. The van der Waals surface area contributed by atoms with E-state index < -0.39 is 17.8 Å². The van der Waals surface area contributed by atoms with Crippen molar-refractivity contribution in [2.24, 2.45) is 0 Å². The van der Waals surface area contributed by atoms with E-state index in [1.165, 1.54) is 19.1 Å². The predicted octanol–water partition coefficient (Wildman–Crippen LogP) is 4.29. The fourth-order valence-electron chi connectivity index (χ4n) is 4.01. The third-order valence-corrected chi connectivity index (χ3v) is 6.01. The van der Waals surface area contributed by atoms with Crippen LogP contribution in [0.5, 0.6) is 0 Å². The number of nitrogens with one attached hydrogen (secondary N) is 3. The Labute approximate surface area is 202 Å². The van der Waals surface area contributed by atoms with Gasteiger partial charge in [0.25, 0.3) is 5.91 Å². The summed E-state index contributed by atoms with van der Waals surface area (Å²) in [7, 11) is 0. The second-order valence-electron chi connectivity index (χ2n) is 8.58. The Morgan fingerprint density at radius 2 is 1.60 bits per heavy atom. The highest BCUT2D eigenvalue weighted by molar-refractivity contribution is 5.97. The van der Waals surface area contributed by atoms with Crippen LogP contribution in [0.4, 0.5) is 23.7 Å². The molecule has 1 fully saturated rings. The van der Waals surface area contributed by atoms with E-state index in [2.05, 4.69) is 16.0 Å². The summed E-state index contributed by atoms with van der Waals surface area (Å²) in [6.45, 7) is 4.76. The van der Waals surface area contributed by atoms with Gasteiger partial charge >= 0.3 is 12.2 Å². The van der Waals surface area contributed by atoms with Crippen LogP contribution in [0.15, 0.2) is 42.5 Å². The van der Waals surface area contributed by atoms with Crippen LogP contribution in [0.25, 0.3) is 0 Å². The number of urea groups is 1. The van der Waals surface area contributed by atoms with E-state index in [9.17, 15) is 27.6 Å². The van der Waals surface area contributed by atoms with Crippen molar-refractivity contribution >= 4 is 23.5 Å². The average molecular weight is 491 g/mol. The molecule has 7 nitrogen and oxygen atoms in total. The van der Waals surface area contributed by atoms with Crippen molar-refractivity contribution in [2.75, 3.05) is 31.5 Å². The van der Waals surface area contributed by atoms with Crippen LogP contribution in [0.3, 0.4) is 0 Å². The molecule has 0 saturated carbocycles. The van der Waals surface area contributed by atoms with Crippen molar-refractivity contribution in [1.29, 1.82) is 0 Å². The fourth-order valence-corrected chi connectivity index (χ4v) is 4.01.